The van der Waals surface area contributed by atoms with Gasteiger partial charge in [-0.05, 0) is 61.4 Å². The average Bonchev–Trinajstić information content (AvgIpc) is 3.65. The van der Waals surface area contributed by atoms with E-state index >= 15 is 0 Å². The summed E-state index contributed by atoms with van der Waals surface area (Å²) >= 11 is 0. The normalized spacial score (nSPS) is 18.9. The zero-order chi connectivity index (χ0) is 25.6. The number of imide groups is 1. The Balaban J connectivity index is 1.31. The lowest BCUT2D eigenvalue weighted by Crippen LogP contribution is -2.49. The third-order valence-electron chi connectivity index (χ3n) is 7.10. The first-order valence-corrected chi connectivity index (χ1v) is 13.8. The van der Waals surface area contributed by atoms with E-state index in [9.17, 15) is 18.0 Å². The number of aromatic nitrogens is 1. The van der Waals surface area contributed by atoms with Crippen LogP contribution >= 0.6 is 0 Å². The highest BCUT2D eigenvalue weighted by molar-refractivity contribution is 7.89. The zero-order valence-electron chi connectivity index (χ0n) is 20.0. The van der Waals surface area contributed by atoms with Gasteiger partial charge in [0.25, 0.3) is 5.91 Å². The largest absolute Gasteiger partial charge is 0.436 e. The molecular weight excluding hydrogens is 490 g/mol. The minimum Gasteiger partial charge on any atom is -0.436 e. The van der Waals surface area contributed by atoms with Crippen LogP contribution in [-0.2, 0) is 19.6 Å². The molecule has 1 aromatic heterocycles. The molecule has 1 unspecified atom stereocenters. The van der Waals surface area contributed by atoms with E-state index in [1.54, 1.807) is 42.5 Å². The van der Waals surface area contributed by atoms with Gasteiger partial charge in [-0.3, -0.25) is 9.59 Å². The quantitative estimate of drug-likeness (QED) is 0.343. The zero-order valence-corrected chi connectivity index (χ0v) is 20.8. The lowest BCUT2D eigenvalue weighted by Gasteiger charge is -2.32. The first-order chi connectivity index (χ1) is 17.9. The molecular formula is C28H25N3O5S. The topological polar surface area (TPSA) is 101 Å². The number of carbonyl (C=O) groups is 2. The van der Waals surface area contributed by atoms with Gasteiger partial charge in [-0.25, -0.2) is 18.3 Å². The van der Waals surface area contributed by atoms with E-state index in [2.05, 4.69) is 4.98 Å². The maximum Gasteiger partial charge on any atom is 0.252 e. The van der Waals surface area contributed by atoms with Crippen LogP contribution in [0.5, 0.6) is 0 Å². The molecule has 1 atom stereocenters. The molecule has 9 heteroatoms. The number of hydrogen-bond donors (Lipinski definition) is 0. The number of carbonyl (C=O) groups excluding carboxylic acids is 2. The van der Waals surface area contributed by atoms with Crippen molar-refractivity contribution in [2.45, 2.75) is 49.1 Å². The third-order valence-corrected chi connectivity index (χ3v) is 9.08. The molecule has 2 amide bonds. The number of fused-ring (bicyclic) bond motifs is 1. The number of para-hydroxylation sites is 2. The summed E-state index contributed by atoms with van der Waals surface area (Å²) in [6.07, 6.45) is 2.93. The predicted molar refractivity (Wildman–Crippen MR) is 138 cm³/mol. The summed E-state index contributed by atoms with van der Waals surface area (Å²) in [6, 6.07) is 21.0. The molecule has 37 heavy (non-hydrogen) atoms. The van der Waals surface area contributed by atoms with Gasteiger partial charge < -0.3 is 4.42 Å². The number of oxazole rings is 1. The van der Waals surface area contributed by atoms with Crippen molar-refractivity contribution < 1.29 is 22.4 Å². The second-order valence-corrected chi connectivity index (χ2v) is 11.3. The van der Waals surface area contributed by atoms with Crippen molar-refractivity contribution in [3.8, 4) is 11.5 Å². The van der Waals surface area contributed by atoms with E-state index in [1.807, 2.05) is 24.3 Å². The molecule has 2 heterocycles. The fourth-order valence-electron chi connectivity index (χ4n) is 5.33. The molecule has 2 aliphatic rings. The Morgan fingerprint density at radius 3 is 2.24 bits per heavy atom. The average molecular weight is 516 g/mol. The SMILES string of the molecule is O=C1CC(N(C2CCCC2)S(=O)(=O)c2ccccc2)C(=O)N1c1ccc(-c2nc3ccccc3o2)cc1. The van der Waals surface area contributed by atoms with Gasteiger partial charge in [0.15, 0.2) is 5.58 Å². The molecule has 0 radical (unpaired) electrons. The first-order valence-electron chi connectivity index (χ1n) is 12.3. The van der Waals surface area contributed by atoms with Crippen molar-refractivity contribution in [1.29, 1.82) is 0 Å². The van der Waals surface area contributed by atoms with Crippen LogP contribution in [0, 0.1) is 0 Å². The summed E-state index contributed by atoms with van der Waals surface area (Å²) in [4.78, 5) is 32.5. The Bertz CT molecular complexity index is 1540. The summed E-state index contributed by atoms with van der Waals surface area (Å²) < 4.78 is 34.5. The van der Waals surface area contributed by atoms with E-state index in [0.29, 0.717) is 35.6 Å². The summed E-state index contributed by atoms with van der Waals surface area (Å²) in [7, 11) is -3.97. The number of sulfonamides is 1. The Kier molecular flexibility index (Phi) is 5.89. The lowest BCUT2D eigenvalue weighted by atomic mass is 10.1. The molecule has 1 aliphatic heterocycles. The number of anilines is 1. The third kappa shape index (κ3) is 4.14. The summed E-state index contributed by atoms with van der Waals surface area (Å²) in [6.45, 7) is 0. The molecule has 6 rings (SSSR count). The molecule has 3 aromatic carbocycles. The Morgan fingerprint density at radius 2 is 1.54 bits per heavy atom. The minimum absolute atomic E-state index is 0.128. The monoisotopic (exact) mass is 515 g/mol. The second-order valence-electron chi connectivity index (χ2n) is 9.41. The van der Waals surface area contributed by atoms with Gasteiger partial charge in [-0.15, -0.1) is 0 Å². The van der Waals surface area contributed by atoms with E-state index in [4.69, 9.17) is 4.42 Å². The summed E-state index contributed by atoms with van der Waals surface area (Å²) in [5.74, 6) is -0.507. The highest BCUT2D eigenvalue weighted by Gasteiger charge is 2.49. The van der Waals surface area contributed by atoms with Crippen LogP contribution < -0.4 is 4.90 Å². The highest BCUT2D eigenvalue weighted by Crippen LogP contribution is 2.36. The lowest BCUT2D eigenvalue weighted by molar-refractivity contribution is -0.122. The van der Waals surface area contributed by atoms with Crippen molar-refractivity contribution in [3.63, 3.8) is 0 Å². The molecule has 1 saturated carbocycles. The van der Waals surface area contributed by atoms with Crippen LogP contribution in [0.2, 0.25) is 0 Å². The number of amides is 2. The van der Waals surface area contributed by atoms with Crippen molar-refractivity contribution in [3.05, 3.63) is 78.9 Å². The van der Waals surface area contributed by atoms with E-state index < -0.39 is 27.9 Å². The van der Waals surface area contributed by atoms with Crippen LogP contribution in [0.4, 0.5) is 5.69 Å². The summed E-state index contributed by atoms with van der Waals surface area (Å²) in [5, 5.41) is 0. The molecule has 8 nitrogen and oxygen atoms in total. The summed E-state index contributed by atoms with van der Waals surface area (Å²) in [5.41, 5.74) is 2.50. The molecule has 188 valence electrons. The number of rotatable bonds is 6. The maximum absolute atomic E-state index is 13.7. The van der Waals surface area contributed by atoms with Crippen molar-refractivity contribution >= 4 is 38.6 Å². The van der Waals surface area contributed by atoms with Gasteiger partial charge in [0.2, 0.25) is 21.8 Å². The molecule has 1 saturated heterocycles. The van der Waals surface area contributed by atoms with Gasteiger partial charge in [0, 0.05) is 11.6 Å². The molecule has 0 N–H and O–H groups in total. The predicted octanol–water partition coefficient (Wildman–Crippen LogP) is 4.76. The molecule has 0 spiro atoms. The first kappa shape index (κ1) is 23.6. The van der Waals surface area contributed by atoms with E-state index in [0.717, 1.165) is 23.3 Å². The fourth-order valence-corrected chi connectivity index (χ4v) is 7.17. The number of hydrogen-bond acceptors (Lipinski definition) is 6. The van der Waals surface area contributed by atoms with E-state index in [-0.39, 0.29) is 17.4 Å². The van der Waals surface area contributed by atoms with Gasteiger partial charge in [-0.1, -0.05) is 43.2 Å². The second kappa shape index (κ2) is 9.24. The Labute approximate surface area is 214 Å². The fraction of sp³-hybridized carbons (Fsp3) is 0.250. The van der Waals surface area contributed by atoms with Crippen molar-refractivity contribution in [2.24, 2.45) is 0 Å². The van der Waals surface area contributed by atoms with Gasteiger partial charge in [0.05, 0.1) is 17.0 Å². The van der Waals surface area contributed by atoms with Crippen LogP contribution in [-0.4, -0.2) is 41.6 Å². The number of nitrogens with zero attached hydrogens (tertiary/aromatic N) is 3. The standard InChI is InChI=1S/C28H25N3O5S/c32-26-18-24(31(21-8-4-5-9-21)37(34,35)22-10-2-1-3-11-22)28(33)30(26)20-16-14-19(15-17-20)27-29-23-12-6-7-13-25(23)36-27/h1-3,6-7,10-17,21,24H,4-5,8-9,18H2. The van der Waals surface area contributed by atoms with Gasteiger partial charge in [-0.2, -0.15) is 4.31 Å². The number of benzene rings is 3. The van der Waals surface area contributed by atoms with Crippen LogP contribution in [0.3, 0.4) is 0 Å². The smallest absolute Gasteiger partial charge is 0.252 e. The molecule has 1 aliphatic carbocycles. The Morgan fingerprint density at radius 1 is 0.865 bits per heavy atom. The molecule has 4 aromatic rings. The van der Waals surface area contributed by atoms with Gasteiger partial charge in [0.1, 0.15) is 11.6 Å². The highest BCUT2D eigenvalue weighted by atomic mass is 32.2. The van der Waals surface area contributed by atoms with Crippen LogP contribution in [0.15, 0.2) is 88.2 Å². The van der Waals surface area contributed by atoms with E-state index in [1.165, 1.54) is 16.4 Å². The van der Waals surface area contributed by atoms with Gasteiger partial charge >= 0.3 is 0 Å². The van der Waals surface area contributed by atoms with Crippen LogP contribution in [0.1, 0.15) is 32.1 Å². The molecule has 0 bridgehead atoms. The van der Waals surface area contributed by atoms with Crippen molar-refractivity contribution in [2.75, 3.05) is 4.90 Å². The maximum atomic E-state index is 13.7. The van der Waals surface area contributed by atoms with Crippen LogP contribution in [0.25, 0.3) is 22.6 Å². The minimum atomic E-state index is -3.97. The van der Waals surface area contributed by atoms with Crippen molar-refractivity contribution in [1.82, 2.24) is 9.29 Å². The Hall–Kier alpha value is -3.82. The molecule has 2 fully saturated rings.